The topological polar surface area (TPSA) is 51.2 Å². The molecule has 6 heteroatoms. The van der Waals surface area contributed by atoms with Gasteiger partial charge in [0.05, 0.1) is 6.54 Å². The van der Waals surface area contributed by atoms with Crippen molar-refractivity contribution in [2.75, 3.05) is 57.8 Å². The number of hydrogen-bond acceptors (Lipinski definition) is 3. The van der Waals surface area contributed by atoms with Gasteiger partial charge in [-0.05, 0) is 45.2 Å². The number of nitrogens with one attached hydrogen (secondary N) is 1. The van der Waals surface area contributed by atoms with Gasteiger partial charge in [-0.2, -0.15) is 0 Å². The Balaban J connectivity index is 1.92. The van der Waals surface area contributed by atoms with Crippen molar-refractivity contribution in [2.45, 2.75) is 27.2 Å². The predicted octanol–water partition coefficient (Wildman–Crippen LogP) is 2.28. The second-order valence-corrected chi connectivity index (χ2v) is 7.05. The third kappa shape index (κ3) is 6.15. The van der Waals surface area contributed by atoms with E-state index in [2.05, 4.69) is 47.5 Å². The molecule has 150 valence electrons. The number of likely N-dealkylation sites (N-methyl/N-ethyl adjacent to an activating group) is 2. The molecule has 0 saturated carbocycles. The van der Waals surface area contributed by atoms with Crippen molar-refractivity contribution >= 4 is 17.6 Å². The number of nitrogens with zero attached hydrogens (tertiary/aromatic N) is 4. The molecule has 1 aliphatic heterocycles. The van der Waals surface area contributed by atoms with E-state index in [9.17, 15) is 4.79 Å². The molecule has 1 saturated heterocycles. The monoisotopic (exact) mass is 373 g/mol. The number of guanidine groups is 1. The Morgan fingerprint density at radius 2 is 1.93 bits per heavy atom. The molecule has 1 aromatic carbocycles. The summed E-state index contributed by atoms with van der Waals surface area (Å²) in [6.45, 7) is 11.6. The van der Waals surface area contributed by atoms with Crippen LogP contribution in [0.1, 0.15) is 27.2 Å². The van der Waals surface area contributed by atoms with Crippen molar-refractivity contribution in [3.63, 3.8) is 0 Å². The summed E-state index contributed by atoms with van der Waals surface area (Å²) in [5, 5.41) is 3.32. The molecule has 1 fully saturated rings. The van der Waals surface area contributed by atoms with Gasteiger partial charge in [-0.1, -0.05) is 18.2 Å². The number of benzene rings is 1. The van der Waals surface area contributed by atoms with E-state index < -0.39 is 0 Å². The van der Waals surface area contributed by atoms with Gasteiger partial charge in [-0.3, -0.25) is 9.79 Å². The zero-order chi connectivity index (χ0) is 19.6. The average molecular weight is 374 g/mol. The number of carbonyl (C=O) groups excluding carboxylic acids is 1. The zero-order valence-corrected chi connectivity index (χ0v) is 17.3. The Bertz CT molecular complexity index is 600. The lowest BCUT2D eigenvalue weighted by Gasteiger charge is -2.26. The maximum Gasteiger partial charge on any atom is 0.242 e. The first-order valence-electron chi connectivity index (χ1n) is 10.2. The molecule has 27 heavy (non-hydrogen) atoms. The summed E-state index contributed by atoms with van der Waals surface area (Å²) in [6.07, 6.45) is 1.15. The number of carbonyl (C=O) groups is 1. The highest BCUT2D eigenvalue weighted by Crippen LogP contribution is 2.23. The number of anilines is 1. The largest absolute Gasteiger partial charge is 0.371 e. The predicted molar refractivity (Wildman–Crippen MR) is 113 cm³/mol. The molecule has 0 radical (unpaired) electrons. The molecule has 1 amide bonds. The van der Waals surface area contributed by atoms with E-state index in [4.69, 9.17) is 4.99 Å². The first-order valence-corrected chi connectivity index (χ1v) is 10.2. The van der Waals surface area contributed by atoms with Gasteiger partial charge in [-0.25, -0.2) is 0 Å². The van der Waals surface area contributed by atoms with Gasteiger partial charge in [0, 0.05) is 52.0 Å². The van der Waals surface area contributed by atoms with Gasteiger partial charge >= 0.3 is 0 Å². The summed E-state index contributed by atoms with van der Waals surface area (Å²) < 4.78 is 0. The minimum Gasteiger partial charge on any atom is -0.371 e. The SMILES string of the molecule is CCNC(=NCC1CCN(c2ccccc2)C1)N(C)CC(=O)N(CC)CC. The van der Waals surface area contributed by atoms with Crippen LogP contribution in [-0.2, 0) is 4.79 Å². The van der Waals surface area contributed by atoms with Crippen LogP contribution < -0.4 is 10.2 Å². The van der Waals surface area contributed by atoms with E-state index in [1.807, 2.05) is 30.7 Å². The van der Waals surface area contributed by atoms with Crippen molar-refractivity contribution in [1.82, 2.24) is 15.1 Å². The van der Waals surface area contributed by atoms with Gasteiger partial charge in [0.1, 0.15) is 0 Å². The molecule has 1 heterocycles. The lowest BCUT2D eigenvalue weighted by molar-refractivity contribution is -0.131. The smallest absolute Gasteiger partial charge is 0.242 e. The Kier molecular flexibility index (Phi) is 8.43. The van der Waals surface area contributed by atoms with Crippen LogP contribution in [-0.4, -0.2) is 74.5 Å². The number of para-hydroxylation sites is 1. The Morgan fingerprint density at radius 1 is 1.22 bits per heavy atom. The molecule has 6 nitrogen and oxygen atoms in total. The second-order valence-electron chi connectivity index (χ2n) is 7.05. The number of amides is 1. The number of aliphatic imine (C=N–C) groups is 1. The van der Waals surface area contributed by atoms with E-state index in [0.29, 0.717) is 12.5 Å². The zero-order valence-electron chi connectivity index (χ0n) is 17.3. The average Bonchev–Trinajstić information content (AvgIpc) is 3.15. The number of hydrogen-bond donors (Lipinski definition) is 1. The first-order chi connectivity index (χ1) is 13.1. The lowest BCUT2D eigenvalue weighted by Crippen LogP contribution is -2.45. The van der Waals surface area contributed by atoms with Crippen LogP contribution in [0.3, 0.4) is 0 Å². The second kappa shape index (κ2) is 10.8. The quantitative estimate of drug-likeness (QED) is 0.561. The maximum atomic E-state index is 12.4. The van der Waals surface area contributed by atoms with Gasteiger partial charge in [-0.15, -0.1) is 0 Å². The molecule has 1 atom stereocenters. The lowest BCUT2D eigenvalue weighted by atomic mass is 10.1. The molecule has 0 aromatic heterocycles. The van der Waals surface area contributed by atoms with Crippen LogP contribution in [0, 0.1) is 5.92 Å². The van der Waals surface area contributed by atoms with Crippen LogP contribution in [0.5, 0.6) is 0 Å². The van der Waals surface area contributed by atoms with Gasteiger partial charge in [0.25, 0.3) is 0 Å². The summed E-state index contributed by atoms with van der Waals surface area (Å²) >= 11 is 0. The van der Waals surface area contributed by atoms with E-state index in [1.165, 1.54) is 5.69 Å². The molecular formula is C21H35N5O. The van der Waals surface area contributed by atoms with Crippen LogP contribution in [0.2, 0.25) is 0 Å². The van der Waals surface area contributed by atoms with Crippen LogP contribution in [0.4, 0.5) is 5.69 Å². The highest BCUT2D eigenvalue weighted by molar-refractivity contribution is 5.86. The summed E-state index contributed by atoms with van der Waals surface area (Å²) in [6, 6.07) is 10.6. The molecular weight excluding hydrogens is 338 g/mol. The van der Waals surface area contributed by atoms with Crippen molar-refractivity contribution in [3.8, 4) is 0 Å². The molecule has 1 unspecified atom stereocenters. The van der Waals surface area contributed by atoms with Crippen molar-refractivity contribution < 1.29 is 4.79 Å². The van der Waals surface area contributed by atoms with Crippen molar-refractivity contribution in [3.05, 3.63) is 30.3 Å². The molecule has 0 aliphatic carbocycles. The van der Waals surface area contributed by atoms with Crippen LogP contribution in [0.25, 0.3) is 0 Å². The maximum absolute atomic E-state index is 12.4. The van der Waals surface area contributed by atoms with E-state index in [0.717, 1.165) is 51.6 Å². The summed E-state index contributed by atoms with van der Waals surface area (Å²) in [5.74, 6) is 1.51. The Hall–Kier alpha value is -2.24. The Morgan fingerprint density at radius 3 is 2.56 bits per heavy atom. The van der Waals surface area contributed by atoms with Gasteiger partial charge in [0.15, 0.2) is 5.96 Å². The molecule has 0 bridgehead atoms. The molecule has 1 N–H and O–H groups in total. The number of rotatable bonds is 8. The van der Waals surface area contributed by atoms with Gasteiger partial charge in [0.2, 0.25) is 5.91 Å². The molecule has 2 rings (SSSR count). The van der Waals surface area contributed by atoms with Crippen molar-refractivity contribution in [2.24, 2.45) is 10.9 Å². The standard InChI is InChI=1S/C21H35N5O/c1-5-22-21(24(4)17-20(27)25(6-2)7-3)23-15-18-13-14-26(16-18)19-11-9-8-10-12-19/h8-12,18H,5-7,13-17H2,1-4H3,(H,22,23). The fourth-order valence-electron chi connectivity index (χ4n) is 3.49. The Labute approximate surface area is 164 Å². The fourth-order valence-corrected chi connectivity index (χ4v) is 3.49. The third-order valence-electron chi connectivity index (χ3n) is 5.09. The summed E-state index contributed by atoms with van der Waals surface area (Å²) in [5.41, 5.74) is 1.29. The molecule has 0 spiro atoms. The highest BCUT2D eigenvalue weighted by atomic mass is 16.2. The summed E-state index contributed by atoms with van der Waals surface area (Å²) in [4.78, 5) is 23.4. The van der Waals surface area contributed by atoms with Crippen molar-refractivity contribution in [1.29, 1.82) is 0 Å². The third-order valence-corrected chi connectivity index (χ3v) is 5.09. The van der Waals surface area contributed by atoms with Crippen LogP contribution >= 0.6 is 0 Å². The highest BCUT2D eigenvalue weighted by Gasteiger charge is 2.23. The minimum atomic E-state index is 0.143. The molecule has 1 aliphatic rings. The molecule has 1 aromatic rings. The van der Waals surface area contributed by atoms with E-state index in [-0.39, 0.29) is 5.91 Å². The van der Waals surface area contributed by atoms with E-state index in [1.54, 1.807) is 0 Å². The van der Waals surface area contributed by atoms with Gasteiger partial charge < -0.3 is 20.0 Å². The minimum absolute atomic E-state index is 0.143. The van der Waals surface area contributed by atoms with E-state index >= 15 is 0 Å². The first kappa shape index (κ1) is 21.1. The summed E-state index contributed by atoms with van der Waals surface area (Å²) in [7, 11) is 1.94. The fraction of sp³-hybridized carbons (Fsp3) is 0.619. The normalized spacial score (nSPS) is 17.1. The van der Waals surface area contributed by atoms with Crippen LogP contribution in [0.15, 0.2) is 35.3 Å².